The van der Waals surface area contributed by atoms with Gasteiger partial charge in [0, 0.05) is 43.9 Å². The second-order valence-electron chi connectivity index (χ2n) is 8.86. The van der Waals surface area contributed by atoms with Crippen molar-refractivity contribution in [1.29, 1.82) is 0 Å². The molecule has 1 saturated heterocycles. The Kier molecular flexibility index (Phi) is 6.27. The highest BCUT2D eigenvalue weighted by atomic mass is 19.1. The van der Waals surface area contributed by atoms with Crippen LogP contribution in [0.5, 0.6) is 0 Å². The summed E-state index contributed by atoms with van der Waals surface area (Å²) in [6.07, 6.45) is 6.13. The molecular formula is C22H31F2N3O3. The van der Waals surface area contributed by atoms with Gasteiger partial charge in [-0.1, -0.05) is 0 Å². The standard InChI is InChI=1S/C22H31F2N3O3/c1-22(7-3-17(4-8-22)30-12-11-29-2)26-9-5-16(6-10-26)27-19-14-15(23)13-18(24)20(19)25-21(27)28/h13-14,16-17H,3-12H2,1-2H3,(H,25,28). The van der Waals surface area contributed by atoms with Crippen molar-refractivity contribution < 1.29 is 18.3 Å². The Labute approximate surface area is 175 Å². The summed E-state index contributed by atoms with van der Waals surface area (Å²) in [5.74, 6) is -1.39. The Hall–Kier alpha value is -1.77. The molecule has 0 radical (unpaired) electrons. The minimum absolute atomic E-state index is 0.0546. The van der Waals surface area contributed by atoms with Gasteiger partial charge in [-0.25, -0.2) is 13.6 Å². The van der Waals surface area contributed by atoms with E-state index in [-0.39, 0.29) is 22.8 Å². The van der Waals surface area contributed by atoms with E-state index < -0.39 is 11.6 Å². The number of fused-ring (bicyclic) bond motifs is 1. The molecule has 1 aliphatic carbocycles. The van der Waals surface area contributed by atoms with E-state index in [4.69, 9.17) is 9.47 Å². The molecule has 1 aliphatic heterocycles. The van der Waals surface area contributed by atoms with Crippen LogP contribution in [0.4, 0.5) is 8.78 Å². The number of imidazole rings is 1. The first-order valence-electron chi connectivity index (χ1n) is 10.9. The van der Waals surface area contributed by atoms with Crippen LogP contribution in [0.2, 0.25) is 0 Å². The lowest BCUT2D eigenvalue weighted by Crippen LogP contribution is -2.53. The topological polar surface area (TPSA) is 59.5 Å². The number of rotatable bonds is 6. The number of benzene rings is 1. The number of ether oxygens (including phenoxy) is 2. The number of likely N-dealkylation sites (tertiary alicyclic amines) is 1. The Morgan fingerprint density at radius 1 is 1.13 bits per heavy atom. The Bertz CT molecular complexity index is 926. The maximum Gasteiger partial charge on any atom is 0.326 e. The van der Waals surface area contributed by atoms with Crippen LogP contribution in [0.25, 0.3) is 11.0 Å². The van der Waals surface area contributed by atoms with E-state index in [1.54, 1.807) is 11.7 Å². The van der Waals surface area contributed by atoms with E-state index in [1.807, 2.05) is 0 Å². The van der Waals surface area contributed by atoms with Crippen molar-refractivity contribution in [1.82, 2.24) is 14.5 Å². The average Bonchev–Trinajstić information content (AvgIpc) is 3.06. The fourth-order valence-corrected chi connectivity index (χ4v) is 5.17. The van der Waals surface area contributed by atoms with Crippen molar-refractivity contribution >= 4 is 11.0 Å². The van der Waals surface area contributed by atoms with Gasteiger partial charge in [0.25, 0.3) is 0 Å². The molecule has 1 aromatic carbocycles. The first-order valence-corrected chi connectivity index (χ1v) is 10.9. The number of nitrogens with zero attached hydrogens (tertiary/aromatic N) is 2. The molecule has 30 heavy (non-hydrogen) atoms. The summed E-state index contributed by atoms with van der Waals surface area (Å²) in [6.45, 7) is 5.33. The van der Waals surface area contributed by atoms with Crippen molar-refractivity contribution in [2.24, 2.45) is 0 Å². The van der Waals surface area contributed by atoms with Gasteiger partial charge in [-0.15, -0.1) is 0 Å². The maximum atomic E-state index is 14.0. The molecule has 0 bridgehead atoms. The summed E-state index contributed by atoms with van der Waals surface area (Å²) < 4.78 is 40.3. The van der Waals surface area contributed by atoms with Gasteiger partial charge in [0.05, 0.1) is 24.8 Å². The zero-order chi connectivity index (χ0) is 21.3. The van der Waals surface area contributed by atoms with E-state index in [1.165, 1.54) is 6.07 Å². The molecule has 1 saturated carbocycles. The maximum absolute atomic E-state index is 14.0. The number of nitrogens with one attached hydrogen (secondary N) is 1. The third-order valence-electron chi connectivity index (χ3n) is 6.99. The molecule has 1 N–H and O–H groups in total. The number of piperidine rings is 1. The van der Waals surface area contributed by atoms with Gasteiger partial charge in [-0.2, -0.15) is 0 Å². The highest BCUT2D eigenvalue weighted by molar-refractivity contribution is 5.76. The minimum Gasteiger partial charge on any atom is -0.382 e. The van der Waals surface area contributed by atoms with Gasteiger partial charge in [-0.3, -0.25) is 9.47 Å². The van der Waals surface area contributed by atoms with E-state index >= 15 is 0 Å². The Morgan fingerprint density at radius 3 is 2.50 bits per heavy atom. The molecule has 1 aromatic heterocycles. The monoisotopic (exact) mass is 423 g/mol. The highest BCUT2D eigenvalue weighted by Crippen LogP contribution is 2.38. The van der Waals surface area contributed by atoms with Gasteiger partial charge < -0.3 is 14.5 Å². The smallest absolute Gasteiger partial charge is 0.326 e. The quantitative estimate of drug-likeness (QED) is 0.722. The number of hydrogen-bond acceptors (Lipinski definition) is 4. The third kappa shape index (κ3) is 4.18. The van der Waals surface area contributed by atoms with E-state index in [9.17, 15) is 13.6 Å². The van der Waals surface area contributed by atoms with Crippen LogP contribution in [-0.2, 0) is 9.47 Å². The SMILES string of the molecule is COCCOC1CCC(C)(N2CCC(n3c(=O)[nH]c4c(F)cc(F)cc43)CC2)CC1. The van der Waals surface area contributed by atoms with E-state index in [2.05, 4.69) is 16.8 Å². The molecule has 2 fully saturated rings. The summed E-state index contributed by atoms with van der Waals surface area (Å²) in [4.78, 5) is 17.6. The number of hydrogen-bond donors (Lipinski definition) is 1. The Morgan fingerprint density at radius 2 is 1.83 bits per heavy atom. The van der Waals surface area contributed by atoms with Crippen molar-refractivity contribution in [2.75, 3.05) is 33.4 Å². The molecule has 4 rings (SSSR count). The first-order chi connectivity index (χ1) is 14.4. The fraction of sp³-hybridized carbons (Fsp3) is 0.682. The minimum atomic E-state index is -0.727. The van der Waals surface area contributed by atoms with Crippen LogP contribution in [0.1, 0.15) is 51.5 Å². The number of H-pyrrole nitrogens is 1. The van der Waals surface area contributed by atoms with Crippen LogP contribution < -0.4 is 5.69 Å². The van der Waals surface area contributed by atoms with Crippen LogP contribution in [0, 0.1) is 11.6 Å². The van der Waals surface area contributed by atoms with E-state index in [0.29, 0.717) is 24.8 Å². The summed E-state index contributed by atoms with van der Waals surface area (Å²) in [5.41, 5.74) is 0.168. The van der Waals surface area contributed by atoms with Crippen molar-refractivity contribution in [3.63, 3.8) is 0 Å². The van der Waals surface area contributed by atoms with E-state index in [0.717, 1.165) is 57.7 Å². The highest BCUT2D eigenvalue weighted by Gasteiger charge is 2.38. The predicted octanol–water partition coefficient (Wildman–Crippen LogP) is 3.61. The Balaban J connectivity index is 1.40. The van der Waals surface area contributed by atoms with Crippen molar-refractivity contribution in [3.8, 4) is 0 Å². The van der Waals surface area contributed by atoms with Gasteiger partial charge in [0.15, 0.2) is 5.82 Å². The number of aromatic nitrogens is 2. The van der Waals surface area contributed by atoms with Crippen LogP contribution in [-0.4, -0.2) is 59.5 Å². The number of aromatic amines is 1. The molecule has 6 nitrogen and oxygen atoms in total. The van der Waals surface area contributed by atoms with Crippen molar-refractivity contribution in [3.05, 3.63) is 34.3 Å². The molecule has 0 unspecified atom stereocenters. The van der Waals surface area contributed by atoms with Gasteiger partial charge in [0.1, 0.15) is 11.3 Å². The fourth-order valence-electron chi connectivity index (χ4n) is 5.17. The summed E-state index contributed by atoms with van der Waals surface area (Å²) in [7, 11) is 1.68. The molecule has 2 aromatic rings. The molecule has 0 spiro atoms. The summed E-state index contributed by atoms with van der Waals surface area (Å²) in [6, 6.07) is 2.00. The number of halogens is 2. The normalized spacial score (nSPS) is 26.5. The largest absolute Gasteiger partial charge is 0.382 e. The lowest BCUT2D eigenvalue weighted by molar-refractivity contribution is -0.0419. The van der Waals surface area contributed by atoms with Gasteiger partial charge in [0.2, 0.25) is 0 Å². The second kappa shape index (κ2) is 8.77. The van der Waals surface area contributed by atoms with Crippen LogP contribution >= 0.6 is 0 Å². The van der Waals surface area contributed by atoms with Crippen LogP contribution in [0.3, 0.4) is 0 Å². The zero-order valence-corrected chi connectivity index (χ0v) is 17.8. The molecule has 2 aliphatic rings. The third-order valence-corrected chi connectivity index (χ3v) is 6.99. The van der Waals surface area contributed by atoms with Gasteiger partial charge in [-0.05, 0) is 45.4 Å². The summed E-state index contributed by atoms with van der Waals surface area (Å²) >= 11 is 0. The van der Waals surface area contributed by atoms with Gasteiger partial charge >= 0.3 is 5.69 Å². The predicted molar refractivity (Wildman–Crippen MR) is 111 cm³/mol. The lowest BCUT2D eigenvalue weighted by Gasteiger charge is -2.48. The van der Waals surface area contributed by atoms with Crippen LogP contribution in [0.15, 0.2) is 16.9 Å². The molecule has 166 valence electrons. The molecule has 0 amide bonds. The van der Waals surface area contributed by atoms with Crippen molar-refractivity contribution in [2.45, 2.75) is 63.1 Å². The molecule has 0 atom stereocenters. The molecular weight excluding hydrogens is 392 g/mol. The number of methoxy groups -OCH3 is 1. The second-order valence-corrected chi connectivity index (χ2v) is 8.86. The average molecular weight is 424 g/mol. The lowest BCUT2D eigenvalue weighted by atomic mass is 9.79. The molecule has 2 heterocycles. The first kappa shape index (κ1) is 21.5. The molecule has 8 heteroatoms. The zero-order valence-electron chi connectivity index (χ0n) is 17.8. The summed E-state index contributed by atoms with van der Waals surface area (Å²) in [5, 5.41) is 0.